The fourth-order valence-corrected chi connectivity index (χ4v) is 1.87. The summed E-state index contributed by atoms with van der Waals surface area (Å²) in [7, 11) is 0. The van der Waals surface area contributed by atoms with E-state index in [1.807, 2.05) is 37.4 Å². The summed E-state index contributed by atoms with van der Waals surface area (Å²) in [6.07, 6.45) is 4.21. The number of nitrogens with one attached hydrogen (secondary N) is 1. The van der Waals surface area contributed by atoms with Gasteiger partial charge in [0.2, 0.25) is 0 Å². The third kappa shape index (κ3) is 5.48. The van der Waals surface area contributed by atoms with Gasteiger partial charge in [-0.25, -0.2) is 4.79 Å². The minimum Gasteiger partial charge on any atom is -0.449 e. The van der Waals surface area contributed by atoms with Crippen molar-refractivity contribution >= 4 is 29.7 Å². The van der Waals surface area contributed by atoms with Crippen LogP contribution in [0.15, 0.2) is 35.2 Å². The van der Waals surface area contributed by atoms with Crippen molar-refractivity contribution in [2.24, 2.45) is 0 Å². The first kappa shape index (κ1) is 16.3. The molecule has 0 spiro atoms. The number of esters is 1. The van der Waals surface area contributed by atoms with Crippen LogP contribution in [0.3, 0.4) is 0 Å². The van der Waals surface area contributed by atoms with Crippen molar-refractivity contribution in [1.29, 1.82) is 0 Å². The Morgan fingerprint density at radius 3 is 2.55 bits per heavy atom. The largest absolute Gasteiger partial charge is 0.449 e. The zero-order chi connectivity index (χ0) is 15.0. The van der Waals surface area contributed by atoms with Gasteiger partial charge in [-0.1, -0.05) is 12.1 Å². The van der Waals surface area contributed by atoms with Crippen LogP contribution in [0, 0.1) is 0 Å². The number of ether oxygens (including phenoxy) is 1. The van der Waals surface area contributed by atoms with Gasteiger partial charge in [0, 0.05) is 17.5 Å². The minimum atomic E-state index is -0.786. The zero-order valence-electron chi connectivity index (χ0n) is 11.9. The normalized spacial score (nSPS) is 12.2. The highest BCUT2D eigenvalue weighted by Crippen LogP contribution is 2.15. The first-order valence-electron chi connectivity index (χ1n) is 6.37. The second kappa shape index (κ2) is 8.43. The molecular formula is C15H19NO3S. The molecule has 1 amide bonds. The SMILES string of the molecule is CCNC(=O)[C@H](C)OC(=O)/C=C/c1ccc(SC)cc1. The van der Waals surface area contributed by atoms with Gasteiger partial charge in [0.25, 0.3) is 5.91 Å². The third-order valence-electron chi connectivity index (χ3n) is 2.54. The molecule has 0 heterocycles. The van der Waals surface area contributed by atoms with Crippen LogP contribution >= 0.6 is 11.8 Å². The highest BCUT2D eigenvalue weighted by atomic mass is 32.2. The molecule has 1 rings (SSSR count). The van der Waals surface area contributed by atoms with E-state index in [4.69, 9.17) is 4.74 Å². The van der Waals surface area contributed by atoms with E-state index in [1.165, 1.54) is 6.08 Å². The Hall–Kier alpha value is -1.75. The second-order valence-electron chi connectivity index (χ2n) is 4.08. The topological polar surface area (TPSA) is 55.4 Å². The lowest BCUT2D eigenvalue weighted by molar-refractivity contribution is -0.150. The highest BCUT2D eigenvalue weighted by Gasteiger charge is 2.14. The van der Waals surface area contributed by atoms with Crippen molar-refractivity contribution in [2.75, 3.05) is 12.8 Å². The molecule has 108 valence electrons. The van der Waals surface area contributed by atoms with Crippen LogP contribution in [0.1, 0.15) is 19.4 Å². The maximum absolute atomic E-state index is 11.6. The lowest BCUT2D eigenvalue weighted by Gasteiger charge is -2.10. The quantitative estimate of drug-likeness (QED) is 0.497. The second-order valence-corrected chi connectivity index (χ2v) is 4.96. The molecule has 0 aliphatic carbocycles. The predicted octanol–water partition coefficient (Wildman–Crippen LogP) is 2.49. The Morgan fingerprint density at radius 1 is 1.35 bits per heavy atom. The fourth-order valence-electron chi connectivity index (χ4n) is 1.46. The Balaban J connectivity index is 2.52. The van der Waals surface area contributed by atoms with Crippen LogP contribution in [0.5, 0.6) is 0 Å². The summed E-state index contributed by atoms with van der Waals surface area (Å²) in [5, 5.41) is 2.59. The molecule has 0 bridgehead atoms. The number of amides is 1. The van der Waals surface area contributed by atoms with E-state index in [9.17, 15) is 9.59 Å². The standard InChI is InChI=1S/C15H19NO3S/c1-4-16-15(18)11(2)19-14(17)10-7-12-5-8-13(20-3)9-6-12/h5-11H,4H2,1-3H3,(H,16,18)/b10-7+/t11-/m0/s1. The van der Waals surface area contributed by atoms with Crippen molar-refractivity contribution < 1.29 is 14.3 Å². The zero-order valence-corrected chi connectivity index (χ0v) is 12.7. The summed E-state index contributed by atoms with van der Waals surface area (Å²) in [5.74, 6) is -0.823. The van der Waals surface area contributed by atoms with Crippen molar-refractivity contribution in [3.05, 3.63) is 35.9 Å². The summed E-state index contributed by atoms with van der Waals surface area (Å²) in [6.45, 7) is 3.87. The van der Waals surface area contributed by atoms with Crippen LogP contribution in [-0.4, -0.2) is 30.8 Å². The molecule has 1 N–H and O–H groups in total. The number of carbonyl (C=O) groups excluding carboxylic acids is 2. The van der Waals surface area contributed by atoms with Crippen LogP contribution in [0.2, 0.25) is 0 Å². The van der Waals surface area contributed by atoms with E-state index in [0.29, 0.717) is 6.54 Å². The van der Waals surface area contributed by atoms with Gasteiger partial charge in [0.15, 0.2) is 6.10 Å². The van der Waals surface area contributed by atoms with Crippen molar-refractivity contribution in [3.63, 3.8) is 0 Å². The average Bonchev–Trinajstić information content (AvgIpc) is 2.45. The fraction of sp³-hybridized carbons (Fsp3) is 0.333. The maximum Gasteiger partial charge on any atom is 0.331 e. The Bertz CT molecular complexity index is 482. The minimum absolute atomic E-state index is 0.293. The molecule has 0 radical (unpaired) electrons. The molecule has 0 aliphatic rings. The van der Waals surface area contributed by atoms with E-state index >= 15 is 0 Å². The monoisotopic (exact) mass is 293 g/mol. The van der Waals surface area contributed by atoms with Crippen LogP contribution in [-0.2, 0) is 14.3 Å². The van der Waals surface area contributed by atoms with Gasteiger partial charge >= 0.3 is 5.97 Å². The molecule has 20 heavy (non-hydrogen) atoms. The summed E-state index contributed by atoms with van der Waals surface area (Å²) < 4.78 is 4.99. The van der Waals surface area contributed by atoms with Gasteiger partial charge in [0.05, 0.1) is 0 Å². The molecule has 0 fully saturated rings. The maximum atomic E-state index is 11.6. The summed E-state index contributed by atoms with van der Waals surface area (Å²) >= 11 is 1.66. The number of hydrogen-bond acceptors (Lipinski definition) is 4. The van der Waals surface area contributed by atoms with E-state index < -0.39 is 12.1 Å². The van der Waals surface area contributed by atoms with Gasteiger partial charge in [-0.05, 0) is 43.9 Å². The average molecular weight is 293 g/mol. The molecule has 5 heteroatoms. The summed E-state index contributed by atoms with van der Waals surface area (Å²) in [6, 6.07) is 7.80. The van der Waals surface area contributed by atoms with Crippen molar-refractivity contribution in [1.82, 2.24) is 5.32 Å². The van der Waals surface area contributed by atoms with Gasteiger partial charge < -0.3 is 10.1 Å². The summed E-state index contributed by atoms with van der Waals surface area (Å²) in [5.41, 5.74) is 0.908. The van der Waals surface area contributed by atoms with Crippen molar-refractivity contribution in [2.45, 2.75) is 24.8 Å². The predicted molar refractivity (Wildman–Crippen MR) is 81.5 cm³/mol. The number of thioether (sulfide) groups is 1. The van der Waals surface area contributed by atoms with E-state index in [-0.39, 0.29) is 5.91 Å². The van der Waals surface area contributed by atoms with E-state index in [1.54, 1.807) is 24.8 Å². The number of hydrogen-bond donors (Lipinski definition) is 1. The number of benzene rings is 1. The molecule has 0 saturated heterocycles. The molecular weight excluding hydrogens is 274 g/mol. The van der Waals surface area contributed by atoms with Crippen LogP contribution < -0.4 is 5.32 Å². The Morgan fingerprint density at radius 2 is 2.00 bits per heavy atom. The van der Waals surface area contributed by atoms with E-state index in [0.717, 1.165) is 10.5 Å². The smallest absolute Gasteiger partial charge is 0.331 e. The molecule has 0 aliphatic heterocycles. The molecule has 1 aromatic rings. The summed E-state index contributed by atoms with van der Waals surface area (Å²) in [4.78, 5) is 24.1. The van der Waals surface area contributed by atoms with E-state index in [2.05, 4.69) is 5.32 Å². The lowest BCUT2D eigenvalue weighted by Crippen LogP contribution is -2.35. The van der Waals surface area contributed by atoms with Crippen LogP contribution in [0.25, 0.3) is 6.08 Å². The van der Waals surface area contributed by atoms with Gasteiger partial charge in [0.1, 0.15) is 0 Å². The lowest BCUT2D eigenvalue weighted by atomic mass is 10.2. The number of carbonyl (C=O) groups is 2. The first-order chi connectivity index (χ1) is 9.56. The number of rotatable bonds is 6. The van der Waals surface area contributed by atoms with Gasteiger partial charge in [-0.15, -0.1) is 11.8 Å². The first-order valence-corrected chi connectivity index (χ1v) is 7.59. The highest BCUT2D eigenvalue weighted by molar-refractivity contribution is 7.98. The molecule has 1 atom stereocenters. The third-order valence-corrected chi connectivity index (χ3v) is 3.28. The Labute approximate surface area is 123 Å². The molecule has 0 unspecified atom stereocenters. The van der Waals surface area contributed by atoms with Gasteiger partial charge in [-0.2, -0.15) is 0 Å². The molecule has 0 saturated carbocycles. The molecule has 4 nitrogen and oxygen atoms in total. The Kier molecular flexibility index (Phi) is 6.87. The molecule has 1 aromatic carbocycles. The van der Waals surface area contributed by atoms with Crippen LogP contribution in [0.4, 0.5) is 0 Å². The molecule has 0 aromatic heterocycles. The number of likely N-dealkylation sites (N-methyl/N-ethyl adjacent to an activating group) is 1. The van der Waals surface area contributed by atoms with Gasteiger partial charge in [-0.3, -0.25) is 4.79 Å². The van der Waals surface area contributed by atoms with Crippen molar-refractivity contribution in [3.8, 4) is 0 Å².